The standard InChI is InChI=1S/C8H7N5O2/c1-15-8(14)7-6(11-13-12-7)5-2-9-4-10-3-5/h2-4H,1H3,(H,11,12,13). The Morgan fingerprint density at radius 3 is 2.73 bits per heavy atom. The molecule has 0 bridgehead atoms. The van der Waals surface area contributed by atoms with Crippen LogP contribution in [0, 0.1) is 0 Å². The Hall–Kier alpha value is -2.31. The quantitative estimate of drug-likeness (QED) is 0.696. The van der Waals surface area contributed by atoms with E-state index in [2.05, 4.69) is 30.1 Å². The molecule has 0 spiro atoms. The van der Waals surface area contributed by atoms with Crippen LogP contribution in [-0.2, 0) is 4.74 Å². The number of hydrogen-bond donors (Lipinski definition) is 1. The van der Waals surface area contributed by atoms with Gasteiger partial charge in [-0.15, -0.1) is 5.10 Å². The third-order valence-corrected chi connectivity index (χ3v) is 1.76. The van der Waals surface area contributed by atoms with E-state index in [1.165, 1.54) is 25.8 Å². The van der Waals surface area contributed by atoms with Crippen LogP contribution in [0.15, 0.2) is 18.7 Å². The summed E-state index contributed by atoms with van der Waals surface area (Å²) in [6.45, 7) is 0. The number of nitrogens with zero attached hydrogens (tertiary/aromatic N) is 4. The highest BCUT2D eigenvalue weighted by atomic mass is 16.5. The number of nitrogens with one attached hydrogen (secondary N) is 1. The number of carbonyl (C=O) groups is 1. The average molecular weight is 205 g/mol. The smallest absolute Gasteiger partial charge is 0.360 e. The molecular formula is C8H7N5O2. The van der Waals surface area contributed by atoms with Crippen molar-refractivity contribution in [1.29, 1.82) is 0 Å². The van der Waals surface area contributed by atoms with E-state index in [-0.39, 0.29) is 5.69 Å². The number of carbonyl (C=O) groups excluding carboxylic acids is 1. The third kappa shape index (κ3) is 1.66. The van der Waals surface area contributed by atoms with Crippen molar-refractivity contribution >= 4 is 5.97 Å². The van der Waals surface area contributed by atoms with Crippen LogP contribution in [0.5, 0.6) is 0 Å². The van der Waals surface area contributed by atoms with Gasteiger partial charge in [0.05, 0.1) is 7.11 Å². The number of hydrogen-bond acceptors (Lipinski definition) is 6. The Morgan fingerprint density at radius 1 is 1.33 bits per heavy atom. The molecule has 2 aromatic rings. The molecule has 7 nitrogen and oxygen atoms in total. The van der Waals surface area contributed by atoms with Crippen molar-refractivity contribution in [3.05, 3.63) is 24.4 Å². The van der Waals surface area contributed by atoms with Gasteiger partial charge in [0.2, 0.25) is 0 Å². The molecule has 2 rings (SSSR count). The van der Waals surface area contributed by atoms with Crippen molar-refractivity contribution < 1.29 is 9.53 Å². The molecule has 2 aromatic heterocycles. The summed E-state index contributed by atoms with van der Waals surface area (Å²) in [5, 5.41) is 9.89. The fourth-order valence-corrected chi connectivity index (χ4v) is 1.09. The zero-order valence-electron chi connectivity index (χ0n) is 7.84. The Bertz CT molecular complexity index is 467. The van der Waals surface area contributed by atoms with Crippen LogP contribution < -0.4 is 0 Å². The Balaban J connectivity index is 2.46. The second-order valence-corrected chi connectivity index (χ2v) is 2.64. The van der Waals surface area contributed by atoms with Crippen molar-refractivity contribution in [2.45, 2.75) is 0 Å². The minimum absolute atomic E-state index is 0.118. The van der Waals surface area contributed by atoms with Gasteiger partial charge in [-0.25, -0.2) is 14.8 Å². The van der Waals surface area contributed by atoms with Crippen LogP contribution in [0.1, 0.15) is 10.5 Å². The summed E-state index contributed by atoms with van der Waals surface area (Å²) in [5.41, 5.74) is 1.10. The van der Waals surface area contributed by atoms with Crippen LogP contribution in [0.2, 0.25) is 0 Å². The average Bonchev–Trinajstić information content (AvgIpc) is 2.78. The maximum absolute atomic E-state index is 11.3. The molecule has 0 saturated heterocycles. The zero-order valence-corrected chi connectivity index (χ0v) is 7.84. The normalized spacial score (nSPS) is 9.93. The van der Waals surface area contributed by atoms with Gasteiger partial charge < -0.3 is 4.74 Å². The largest absolute Gasteiger partial charge is 0.464 e. The monoisotopic (exact) mass is 205 g/mol. The molecule has 15 heavy (non-hydrogen) atoms. The predicted molar refractivity (Wildman–Crippen MR) is 48.7 cm³/mol. The molecule has 0 atom stereocenters. The first-order chi connectivity index (χ1) is 7.33. The number of H-pyrrole nitrogens is 1. The lowest BCUT2D eigenvalue weighted by molar-refractivity contribution is 0.0595. The molecule has 0 saturated carbocycles. The molecule has 7 heteroatoms. The van der Waals surface area contributed by atoms with Gasteiger partial charge in [-0.2, -0.15) is 10.3 Å². The van der Waals surface area contributed by atoms with Crippen molar-refractivity contribution in [1.82, 2.24) is 25.4 Å². The first-order valence-corrected chi connectivity index (χ1v) is 4.07. The van der Waals surface area contributed by atoms with Crippen LogP contribution in [-0.4, -0.2) is 38.5 Å². The van der Waals surface area contributed by atoms with Gasteiger partial charge in [-0.1, -0.05) is 0 Å². The molecule has 1 N–H and O–H groups in total. The van der Waals surface area contributed by atoms with Crippen LogP contribution >= 0.6 is 0 Å². The van der Waals surface area contributed by atoms with Crippen LogP contribution in [0.25, 0.3) is 11.3 Å². The molecule has 2 heterocycles. The fourth-order valence-electron chi connectivity index (χ4n) is 1.09. The SMILES string of the molecule is COC(=O)c1n[nH]nc1-c1cncnc1. The van der Waals surface area contributed by atoms with Gasteiger partial charge in [0.25, 0.3) is 0 Å². The first-order valence-electron chi connectivity index (χ1n) is 4.07. The highest BCUT2D eigenvalue weighted by Gasteiger charge is 2.18. The van der Waals surface area contributed by atoms with Crippen molar-refractivity contribution in [2.24, 2.45) is 0 Å². The molecule has 0 amide bonds. The van der Waals surface area contributed by atoms with Gasteiger partial charge in [-0.05, 0) is 0 Å². The highest BCUT2D eigenvalue weighted by molar-refractivity contribution is 5.93. The second-order valence-electron chi connectivity index (χ2n) is 2.64. The van der Waals surface area contributed by atoms with E-state index in [4.69, 9.17) is 0 Å². The topological polar surface area (TPSA) is 93.7 Å². The summed E-state index contributed by atoms with van der Waals surface area (Å²) in [4.78, 5) is 18.9. The lowest BCUT2D eigenvalue weighted by Crippen LogP contribution is -2.03. The Labute approximate surface area is 84.5 Å². The van der Waals surface area contributed by atoms with Gasteiger partial charge >= 0.3 is 5.97 Å². The molecular weight excluding hydrogens is 198 g/mol. The Kier molecular flexibility index (Phi) is 2.36. The van der Waals surface area contributed by atoms with E-state index in [1.807, 2.05) is 0 Å². The maximum atomic E-state index is 11.3. The maximum Gasteiger partial charge on any atom is 0.360 e. The van der Waals surface area contributed by atoms with E-state index in [0.29, 0.717) is 11.3 Å². The molecule has 0 fully saturated rings. The van der Waals surface area contributed by atoms with Crippen LogP contribution in [0.4, 0.5) is 0 Å². The second kappa shape index (κ2) is 3.82. The van der Waals surface area contributed by atoms with Crippen molar-refractivity contribution in [3.8, 4) is 11.3 Å². The first kappa shape index (κ1) is 9.25. The van der Waals surface area contributed by atoms with Gasteiger partial charge in [-0.3, -0.25) is 0 Å². The molecule has 0 aromatic carbocycles. The lowest BCUT2D eigenvalue weighted by atomic mass is 10.2. The molecule has 0 aliphatic carbocycles. The molecule has 0 radical (unpaired) electrons. The zero-order chi connectivity index (χ0) is 10.7. The lowest BCUT2D eigenvalue weighted by Gasteiger charge is -1.97. The van der Waals surface area contributed by atoms with Gasteiger partial charge in [0.15, 0.2) is 5.69 Å². The number of methoxy groups -OCH3 is 1. The highest BCUT2D eigenvalue weighted by Crippen LogP contribution is 2.17. The third-order valence-electron chi connectivity index (χ3n) is 1.76. The summed E-state index contributed by atoms with van der Waals surface area (Å²) >= 11 is 0. The van der Waals surface area contributed by atoms with E-state index < -0.39 is 5.97 Å². The fraction of sp³-hybridized carbons (Fsp3) is 0.125. The summed E-state index contributed by atoms with van der Waals surface area (Å²) in [5.74, 6) is -0.553. The summed E-state index contributed by atoms with van der Waals surface area (Å²) in [6.07, 6.45) is 4.47. The summed E-state index contributed by atoms with van der Waals surface area (Å²) in [6, 6.07) is 0. The van der Waals surface area contributed by atoms with Gasteiger partial charge in [0.1, 0.15) is 12.0 Å². The van der Waals surface area contributed by atoms with Crippen molar-refractivity contribution in [2.75, 3.05) is 7.11 Å². The molecule has 0 aliphatic heterocycles. The molecule has 0 aliphatic rings. The Morgan fingerprint density at radius 2 is 2.07 bits per heavy atom. The van der Waals surface area contributed by atoms with Gasteiger partial charge in [0, 0.05) is 18.0 Å². The molecule has 76 valence electrons. The van der Waals surface area contributed by atoms with Crippen LogP contribution in [0.3, 0.4) is 0 Å². The minimum atomic E-state index is -0.553. The predicted octanol–water partition coefficient (Wildman–Crippen LogP) is 0.0483. The van der Waals surface area contributed by atoms with E-state index in [9.17, 15) is 4.79 Å². The summed E-state index contributed by atoms with van der Waals surface area (Å²) in [7, 11) is 1.28. The van der Waals surface area contributed by atoms with E-state index in [0.717, 1.165) is 0 Å². The summed E-state index contributed by atoms with van der Waals surface area (Å²) < 4.78 is 4.55. The van der Waals surface area contributed by atoms with E-state index >= 15 is 0 Å². The number of rotatable bonds is 2. The number of aromatic nitrogens is 5. The number of aromatic amines is 1. The number of ether oxygens (including phenoxy) is 1. The minimum Gasteiger partial charge on any atom is -0.464 e. The van der Waals surface area contributed by atoms with Crippen molar-refractivity contribution in [3.63, 3.8) is 0 Å². The molecule has 0 unspecified atom stereocenters. The number of esters is 1. The van der Waals surface area contributed by atoms with E-state index in [1.54, 1.807) is 0 Å².